The Morgan fingerprint density at radius 1 is 0.875 bits per heavy atom. The lowest BCUT2D eigenvalue weighted by Gasteiger charge is -2.34. The summed E-state index contributed by atoms with van der Waals surface area (Å²) in [4.78, 5) is 23.0. The van der Waals surface area contributed by atoms with Crippen molar-refractivity contribution in [3.8, 4) is 0 Å². The molecular weight excluding hydrogens is 446 g/mol. The fourth-order valence-corrected chi connectivity index (χ4v) is 4.57. The summed E-state index contributed by atoms with van der Waals surface area (Å²) in [5, 5.41) is 14.2. The Balaban J connectivity index is 0.000000305. The average Bonchev–Trinajstić information content (AvgIpc) is 3.01. The Kier molecular flexibility index (Phi) is 10.7. The van der Waals surface area contributed by atoms with E-state index in [0.717, 1.165) is 23.7 Å². The molecule has 0 amide bonds. The predicted molar refractivity (Wildman–Crippen MR) is 104 cm³/mol. The highest BCUT2D eigenvalue weighted by molar-refractivity contribution is 5.73. The molecule has 12 heteroatoms. The minimum absolute atomic E-state index is 0.977. The van der Waals surface area contributed by atoms with Crippen molar-refractivity contribution in [1.82, 2.24) is 9.80 Å². The van der Waals surface area contributed by atoms with E-state index < -0.39 is 24.3 Å². The van der Waals surface area contributed by atoms with Crippen molar-refractivity contribution in [1.29, 1.82) is 0 Å². The number of rotatable bonds is 4. The van der Waals surface area contributed by atoms with Gasteiger partial charge in [0.1, 0.15) is 0 Å². The van der Waals surface area contributed by atoms with Gasteiger partial charge in [0.15, 0.2) is 0 Å². The largest absolute Gasteiger partial charge is 0.490 e. The molecule has 0 radical (unpaired) electrons. The van der Waals surface area contributed by atoms with Crippen LogP contribution in [0.15, 0.2) is 0 Å². The summed E-state index contributed by atoms with van der Waals surface area (Å²) in [6.07, 6.45) is -1.18. The maximum Gasteiger partial charge on any atom is 0.490 e. The summed E-state index contributed by atoms with van der Waals surface area (Å²) in [5.74, 6) is -1.44. The number of carboxylic acids is 2. The van der Waals surface area contributed by atoms with Gasteiger partial charge in [-0.15, -0.1) is 0 Å². The van der Waals surface area contributed by atoms with Crippen molar-refractivity contribution < 1.29 is 46.1 Å². The molecule has 0 aromatic carbocycles. The van der Waals surface area contributed by atoms with Gasteiger partial charge in [0.05, 0.1) is 0 Å². The summed E-state index contributed by atoms with van der Waals surface area (Å²) >= 11 is 0. The summed E-state index contributed by atoms with van der Waals surface area (Å²) < 4.78 is 63.5. The molecule has 0 aromatic heterocycles. The van der Waals surface area contributed by atoms with E-state index in [-0.39, 0.29) is 0 Å². The maximum absolute atomic E-state index is 10.6. The molecule has 32 heavy (non-hydrogen) atoms. The first-order valence-corrected chi connectivity index (χ1v) is 10.6. The van der Waals surface area contributed by atoms with Gasteiger partial charge in [-0.05, 0) is 63.5 Å². The molecule has 1 heterocycles. The van der Waals surface area contributed by atoms with Crippen LogP contribution in [0.5, 0.6) is 0 Å². The van der Waals surface area contributed by atoms with Crippen LogP contribution >= 0.6 is 0 Å². The first-order valence-electron chi connectivity index (χ1n) is 10.6. The number of carboxylic acid groups (broad SMARTS) is 2. The van der Waals surface area contributed by atoms with E-state index in [2.05, 4.69) is 23.9 Å². The van der Waals surface area contributed by atoms with Gasteiger partial charge < -0.3 is 20.0 Å². The molecule has 3 fully saturated rings. The quantitative estimate of drug-likeness (QED) is 0.596. The standard InChI is InChI=1S/C16H30N2.2C2HF3O2/c1-17(2)10-14-7-4-8-15-11-18(12-16(14)15)9-13-5-3-6-13;2*3-2(4,5)1(6)7/h13-16H,3-12H2,1-2H3;2*(H,6,7)/t14-,15+,16+;;/m0../s1. The lowest BCUT2D eigenvalue weighted by atomic mass is 9.74. The van der Waals surface area contributed by atoms with Gasteiger partial charge in [0, 0.05) is 26.2 Å². The van der Waals surface area contributed by atoms with E-state index in [1.807, 2.05) is 0 Å². The van der Waals surface area contributed by atoms with Crippen molar-refractivity contribution >= 4 is 11.9 Å². The van der Waals surface area contributed by atoms with Crippen LogP contribution < -0.4 is 0 Å². The van der Waals surface area contributed by atoms with E-state index >= 15 is 0 Å². The fourth-order valence-electron chi connectivity index (χ4n) is 4.57. The Hall–Kier alpha value is -1.56. The first-order chi connectivity index (χ1) is 14.6. The third-order valence-electron chi connectivity index (χ3n) is 6.15. The van der Waals surface area contributed by atoms with Crippen LogP contribution in [0.3, 0.4) is 0 Å². The number of aliphatic carboxylic acids is 2. The van der Waals surface area contributed by atoms with Gasteiger partial charge >= 0.3 is 24.3 Å². The van der Waals surface area contributed by atoms with Gasteiger partial charge in [-0.25, -0.2) is 9.59 Å². The molecule has 1 aliphatic heterocycles. The Morgan fingerprint density at radius 2 is 1.34 bits per heavy atom. The Morgan fingerprint density at radius 3 is 1.72 bits per heavy atom. The SMILES string of the molecule is CN(C)C[C@@H]1CCC[C@@H]2CN(CC3CCC3)C[C@@H]21.O=C(O)C(F)(F)F.O=C(O)C(F)(F)F. The Labute approximate surface area is 183 Å². The topological polar surface area (TPSA) is 81.1 Å². The molecule has 0 aromatic rings. The molecule has 6 nitrogen and oxygen atoms in total. The van der Waals surface area contributed by atoms with Crippen LogP contribution in [-0.4, -0.2) is 84.6 Å². The monoisotopic (exact) mass is 478 g/mol. The first kappa shape index (κ1) is 28.5. The molecule has 3 rings (SSSR count). The third kappa shape index (κ3) is 9.93. The van der Waals surface area contributed by atoms with Crippen LogP contribution in [0.25, 0.3) is 0 Å². The number of nitrogens with zero attached hydrogens (tertiary/aromatic N) is 2. The molecule has 2 N–H and O–H groups in total. The molecule has 2 saturated carbocycles. The number of carbonyl (C=O) groups is 2. The van der Waals surface area contributed by atoms with Gasteiger partial charge in [-0.3, -0.25) is 0 Å². The minimum atomic E-state index is -5.08. The number of hydrogen-bond donors (Lipinski definition) is 2. The third-order valence-corrected chi connectivity index (χ3v) is 6.15. The van der Waals surface area contributed by atoms with E-state index in [0.29, 0.717) is 0 Å². The number of fused-ring (bicyclic) bond motifs is 1. The highest BCUT2D eigenvalue weighted by Gasteiger charge is 2.41. The molecule has 0 bridgehead atoms. The zero-order chi connectivity index (χ0) is 24.7. The van der Waals surface area contributed by atoms with E-state index in [1.54, 1.807) is 0 Å². The smallest absolute Gasteiger partial charge is 0.475 e. The van der Waals surface area contributed by atoms with Crippen LogP contribution in [0.1, 0.15) is 38.5 Å². The summed E-state index contributed by atoms with van der Waals surface area (Å²) in [6, 6.07) is 0. The zero-order valence-electron chi connectivity index (χ0n) is 18.3. The van der Waals surface area contributed by atoms with Crippen molar-refractivity contribution in [3.63, 3.8) is 0 Å². The zero-order valence-corrected chi connectivity index (χ0v) is 18.3. The number of hydrogen-bond acceptors (Lipinski definition) is 4. The molecular formula is C20H32F6N2O4. The molecule has 3 aliphatic rings. The molecule has 0 unspecified atom stereocenters. The number of halogens is 6. The molecule has 2 aliphatic carbocycles. The highest BCUT2D eigenvalue weighted by atomic mass is 19.4. The summed E-state index contributed by atoms with van der Waals surface area (Å²) in [5.41, 5.74) is 0. The van der Waals surface area contributed by atoms with Crippen LogP contribution in [0.2, 0.25) is 0 Å². The Bertz CT molecular complexity index is 584. The van der Waals surface area contributed by atoms with Crippen LogP contribution in [-0.2, 0) is 9.59 Å². The van der Waals surface area contributed by atoms with Gasteiger partial charge in [-0.1, -0.05) is 12.8 Å². The predicted octanol–water partition coefficient (Wildman–Crippen LogP) is 3.96. The average molecular weight is 478 g/mol. The van der Waals surface area contributed by atoms with E-state index in [1.165, 1.54) is 64.7 Å². The lowest BCUT2D eigenvalue weighted by Crippen LogP contribution is -2.35. The van der Waals surface area contributed by atoms with Gasteiger partial charge in [-0.2, -0.15) is 26.3 Å². The van der Waals surface area contributed by atoms with Crippen molar-refractivity contribution in [2.75, 3.05) is 40.3 Å². The maximum atomic E-state index is 10.6. The summed E-state index contributed by atoms with van der Waals surface area (Å²) in [7, 11) is 4.48. The van der Waals surface area contributed by atoms with Crippen molar-refractivity contribution in [2.45, 2.75) is 50.9 Å². The lowest BCUT2D eigenvalue weighted by molar-refractivity contribution is -0.193. The highest BCUT2D eigenvalue weighted by Crippen LogP contribution is 2.41. The summed E-state index contributed by atoms with van der Waals surface area (Å²) in [6.45, 7) is 5.57. The van der Waals surface area contributed by atoms with Gasteiger partial charge in [0.25, 0.3) is 0 Å². The van der Waals surface area contributed by atoms with Crippen molar-refractivity contribution in [3.05, 3.63) is 0 Å². The van der Waals surface area contributed by atoms with E-state index in [4.69, 9.17) is 19.8 Å². The fraction of sp³-hybridized carbons (Fsp3) is 0.900. The molecule has 188 valence electrons. The number of likely N-dealkylation sites (tertiary alicyclic amines) is 1. The normalized spacial score (nSPS) is 26.2. The number of alkyl halides is 6. The van der Waals surface area contributed by atoms with Crippen molar-refractivity contribution in [2.24, 2.45) is 23.7 Å². The molecule has 3 atom stereocenters. The molecule has 1 saturated heterocycles. The van der Waals surface area contributed by atoms with E-state index in [9.17, 15) is 26.3 Å². The second-order valence-electron chi connectivity index (χ2n) is 9.00. The van der Waals surface area contributed by atoms with Crippen LogP contribution in [0.4, 0.5) is 26.3 Å². The second-order valence-corrected chi connectivity index (χ2v) is 9.00. The molecule has 0 spiro atoms. The minimum Gasteiger partial charge on any atom is -0.475 e. The van der Waals surface area contributed by atoms with Gasteiger partial charge in [0.2, 0.25) is 0 Å². The second kappa shape index (κ2) is 12.1. The van der Waals surface area contributed by atoms with Crippen LogP contribution in [0, 0.1) is 23.7 Å².